The van der Waals surface area contributed by atoms with Gasteiger partial charge in [-0.15, -0.1) is 0 Å². The molecule has 0 fully saturated rings. The van der Waals surface area contributed by atoms with Crippen molar-refractivity contribution in [3.63, 3.8) is 0 Å². The fraction of sp³-hybridized carbons (Fsp3) is 0.364. The normalized spacial score (nSPS) is 11.5. The van der Waals surface area contributed by atoms with Crippen LogP contribution >= 0.6 is 0 Å². The fourth-order valence-corrected chi connectivity index (χ4v) is 1.20. The third kappa shape index (κ3) is 3.38. The monoisotopic (exact) mass is 216 g/mol. The van der Waals surface area contributed by atoms with Crippen LogP contribution in [-0.2, 0) is 0 Å². The molecule has 0 bridgehead atoms. The zero-order valence-electron chi connectivity index (χ0n) is 8.48. The lowest BCUT2D eigenvalue weighted by Gasteiger charge is -2.07. The number of carbonyl (C=O) groups excluding carboxylic acids is 1. The summed E-state index contributed by atoms with van der Waals surface area (Å²) in [4.78, 5) is 11.2. The third-order valence-electron chi connectivity index (χ3n) is 2.19. The standard InChI is InChI=1S/C11H11F3O/c1-7-3-4-9(5-8(7)2)10(15)6-11(12,13)14/h3-5H,6H2,1-2H3. The van der Waals surface area contributed by atoms with Gasteiger partial charge < -0.3 is 0 Å². The molecule has 0 amide bonds. The quantitative estimate of drug-likeness (QED) is 0.692. The molecule has 0 aliphatic heterocycles. The van der Waals surface area contributed by atoms with Crippen molar-refractivity contribution in [1.82, 2.24) is 0 Å². The minimum absolute atomic E-state index is 0.121. The van der Waals surface area contributed by atoms with Crippen LogP contribution in [0.4, 0.5) is 13.2 Å². The number of hydrogen-bond acceptors (Lipinski definition) is 1. The Morgan fingerprint density at radius 2 is 1.80 bits per heavy atom. The number of Topliss-reactive ketones (excluding diaryl/α,β-unsaturated/α-hetero) is 1. The molecule has 0 heterocycles. The maximum absolute atomic E-state index is 12.0. The lowest BCUT2D eigenvalue weighted by Crippen LogP contribution is -2.15. The summed E-state index contributed by atoms with van der Waals surface area (Å²) in [6, 6.07) is 4.57. The molecule has 15 heavy (non-hydrogen) atoms. The highest BCUT2D eigenvalue weighted by molar-refractivity contribution is 5.96. The Kier molecular flexibility index (Phi) is 3.17. The molecule has 82 valence electrons. The van der Waals surface area contributed by atoms with Crippen molar-refractivity contribution < 1.29 is 18.0 Å². The summed E-state index contributed by atoms with van der Waals surface area (Å²) in [5.41, 5.74) is 1.90. The second kappa shape index (κ2) is 4.04. The summed E-state index contributed by atoms with van der Waals surface area (Å²) < 4.78 is 35.9. The van der Waals surface area contributed by atoms with Crippen LogP contribution in [0.2, 0.25) is 0 Å². The SMILES string of the molecule is Cc1ccc(C(=O)CC(F)(F)F)cc1C. The van der Waals surface area contributed by atoms with Crippen molar-refractivity contribution in [3.05, 3.63) is 34.9 Å². The molecule has 1 nitrogen and oxygen atoms in total. The van der Waals surface area contributed by atoms with Gasteiger partial charge in [0.25, 0.3) is 0 Å². The van der Waals surface area contributed by atoms with Crippen LogP contribution in [0.1, 0.15) is 27.9 Å². The van der Waals surface area contributed by atoms with E-state index in [1.165, 1.54) is 12.1 Å². The van der Waals surface area contributed by atoms with Crippen molar-refractivity contribution in [2.75, 3.05) is 0 Å². The van der Waals surface area contributed by atoms with Crippen LogP contribution in [0, 0.1) is 13.8 Å². The number of alkyl halides is 3. The van der Waals surface area contributed by atoms with Crippen LogP contribution in [0.3, 0.4) is 0 Å². The maximum Gasteiger partial charge on any atom is 0.396 e. The summed E-state index contributed by atoms with van der Waals surface area (Å²) >= 11 is 0. The van der Waals surface area contributed by atoms with Crippen molar-refractivity contribution in [2.45, 2.75) is 26.4 Å². The summed E-state index contributed by atoms with van der Waals surface area (Å²) in [7, 11) is 0. The molecule has 1 aromatic rings. The van der Waals surface area contributed by atoms with Crippen molar-refractivity contribution in [2.24, 2.45) is 0 Å². The molecule has 1 aromatic carbocycles. The number of benzene rings is 1. The van der Waals surface area contributed by atoms with E-state index in [0.29, 0.717) is 0 Å². The van der Waals surface area contributed by atoms with E-state index in [9.17, 15) is 18.0 Å². The number of rotatable bonds is 2. The van der Waals surface area contributed by atoms with Gasteiger partial charge in [-0.05, 0) is 31.0 Å². The first-order chi connectivity index (χ1) is 6.79. The molecule has 0 radical (unpaired) electrons. The summed E-state index contributed by atoms with van der Waals surface area (Å²) in [5, 5.41) is 0. The molecule has 4 heteroatoms. The van der Waals surface area contributed by atoms with Crippen LogP contribution in [0.15, 0.2) is 18.2 Å². The highest BCUT2D eigenvalue weighted by Gasteiger charge is 2.31. The van der Waals surface area contributed by atoms with Gasteiger partial charge in [0, 0.05) is 5.56 Å². The zero-order valence-corrected chi connectivity index (χ0v) is 8.48. The topological polar surface area (TPSA) is 17.1 Å². The summed E-state index contributed by atoms with van der Waals surface area (Å²) in [6.45, 7) is 3.60. The van der Waals surface area contributed by atoms with Crippen molar-refractivity contribution in [3.8, 4) is 0 Å². The number of ketones is 1. The average Bonchev–Trinajstić information content (AvgIpc) is 2.06. The highest BCUT2D eigenvalue weighted by atomic mass is 19.4. The Bertz CT molecular complexity index is 380. The number of hydrogen-bond donors (Lipinski definition) is 0. The second-order valence-electron chi connectivity index (χ2n) is 3.51. The van der Waals surface area contributed by atoms with Gasteiger partial charge in [0.05, 0.1) is 0 Å². The van der Waals surface area contributed by atoms with E-state index in [4.69, 9.17) is 0 Å². The number of halogens is 3. The lowest BCUT2D eigenvalue weighted by molar-refractivity contribution is -0.125. The molecule has 0 saturated heterocycles. The van der Waals surface area contributed by atoms with Crippen LogP contribution in [-0.4, -0.2) is 12.0 Å². The Labute approximate surface area is 85.9 Å². The fourth-order valence-electron chi connectivity index (χ4n) is 1.20. The summed E-state index contributed by atoms with van der Waals surface area (Å²) in [5.74, 6) is -0.884. The summed E-state index contributed by atoms with van der Waals surface area (Å²) in [6.07, 6.45) is -5.83. The van der Waals surface area contributed by atoms with Gasteiger partial charge in [-0.1, -0.05) is 12.1 Å². The van der Waals surface area contributed by atoms with E-state index in [2.05, 4.69) is 0 Å². The molecule has 0 atom stereocenters. The zero-order chi connectivity index (χ0) is 11.6. The first kappa shape index (κ1) is 11.8. The van der Waals surface area contributed by atoms with Crippen LogP contribution in [0.5, 0.6) is 0 Å². The van der Waals surface area contributed by atoms with E-state index in [-0.39, 0.29) is 5.56 Å². The van der Waals surface area contributed by atoms with Crippen LogP contribution < -0.4 is 0 Å². The van der Waals surface area contributed by atoms with E-state index in [0.717, 1.165) is 11.1 Å². The molecule has 0 unspecified atom stereocenters. The van der Waals surface area contributed by atoms with Gasteiger partial charge in [-0.3, -0.25) is 4.79 Å². The average molecular weight is 216 g/mol. The molecule has 0 N–H and O–H groups in total. The van der Waals surface area contributed by atoms with E-state index < -0.39 is 18.4 Å². The highest BCUT2D eigenvalue weighted by Crippen LogP contribution is 2.22. The van der Waals surface area contributed by atoms with Crippen molar-refractivity contribution in [1.29, 1.82) is 0 Å². The van der Waals surface area contributed by atoms with Gasteiger partial charge in [0.1, 0.15) is 6.42 Å². The molecular weight excluding hydrogens is 205 g/mol. The maximum atomic E-state index is 12.0. The first-order valence-corrected chi connectivity index (χ1v) is 4.47. The number of carbonyl (C=O) groups is 1. The largest absolute Gasteiger partial charge is 0.396 e. The Hall–Kier alpha value is -1.32. The van der Waals surface area contributed by atoms with E-state index >= 15 is 0 Å². The van der Waals surface area contributed by atoms with Crippen molar-refractivity contribution >= 4 is 5.78 Å². The van der Waals surface area contributed by atoms with Crippen LogP contribution in [0.25, 0.3) is 0 Å². The molecule has 0 aromatic heterocycles. The Morgan fingerprint density at radius 3 is 2.27 bits per heavy atom. The first-order valence-electron chi connectivity index (χ1n) is 4.47. The third-order valence-corrected chi connectivity index (χ3v) is 2.19. The minimum atomic E-state index is -4.43. The minimum Gasteiger partial charge on any atom is -0.294 e. The molecule has 0 aliphatic carbocycles. The Balaban J connectivity index is 2.88. The molecule has 0 saturated carbocycles. The van der Waals surface area contributed by atoms with E-state index in [1.54, 1.807) is 13.0 Å². The number of aryl methyl sites for hydroxylation is 2. The second-order valence-corrected chi connectivity index (χ2v) is 3.51. The van der Waals surface area contributed by atoms with Gasteiger partial charge in [-0.25, -0.2) is 0 Å². The Morgan fingerprint density at radius 1 is 1.20 bits per heavy atom. The van der Waals surface area contributed by atoms with Gasteiger partial charge >= 0.3 is 6.18 Å². The molecule has 0 spiro atoms. The molecule has 0 aliphatic rings. The van der Waals surface area contributed by atoms with Gasteiger partial charge in [0.15, 0.2) is 5.78 Å². The predicted molar refractivity (Wildman–Crippen MR) is 50.9 cm³/mol. The van der Waals surface area contributed by atoms with Gasteiger partial charge in [0.2, 0.25) is 0 Å². The molecular formula is C11H11F3O. The van der Waals surface area contributed by atoms with Gasteiger partial charge in [-0.2, -0.15) is 13.2 Å². The molecule has 1 rings (SSSR count). The lowest BCUT2D eigenvalue weighted by atomic mass is 10.0. The predicted octanol–water partition coefficient (Wildman–Crippen LogP) is 3.44. The van der Waals surface area contributed by atoms with E-state index in [1.807, 2.05) is 6.92 Å². The smallest absolute Gasteiger partial charge is 0.294 e.